The van der Waals surface area contributed by atoms with E-state index in [1.54, 1.807) is 0 Å². The van der Waals surface area contributed by atoms with Crippen LogP contribution in [0.15, 0.2) is 0 Å². The fourth-order valence-electron chi connectivity index (χ4n) is 2.87. The van der Waals surface area contributed by atoms with Crippen LogP contribution >= 0.6 is 0 Å². The quantitative estimate of drug-likeness (QED) is 0.757. The van der Waals surface area contributed by atoms with Crippen molar-refractivity contribution in [2.45, 2.75) is 38.1 Å². The van der Waals surface area contributed by atoms with Crippen molar-refractivity contribution in [1.82, 2.24) is 15.1 Å². The highest BCUT2D eigenvalue weighted by atomic mass is 15.2. The van der Waals surface area contributed by atoms with Gasteiger partial charge in [-0.1, -0.05) is 6.42 Å². The van der Waals surface area contributed by atoms with Gasteiger partial charge in [0, 0.05) is 25.7 Å². The molecule has 0 spiro atoms. The van der Waals surface area contributed by atoms with Gasteiger partial charge in [-0.3, -0.25) is 0 Å². The number of likely N-dealkylation sites (tertiary alicyclic amines) is 1. The van der Waals surface area contributed by atoms with Crippen molar-refractivity contribution < 1.29 is 0 Å². The molecule has 2 fully saturated rings. The maximum absolute atomic E-state index is 3.62. The lowest BCUT2D eigenvalue weighted by atomic mass is 10.0. The second-order valence-electron chi connectivity index (χ2n) is 5.46. The molecule has 1 atom stereocenters. The normalized spacial score (nSPS) is 27.8. The number of hydrogen-bond donors (Lipinski definition) is 1. The third-order valence-corrected chi connectivity index (χ3v) is 3.94. The van der Waals surface area contributed by atoms with Gasteiger partial charge in [-0.2, -0.15) is 0 Å². The molecule has 94 valence electrons. The Hall–Kier alpha value is -0.120. The molecule has 2 aliphatic rings. The standard InChI is InChI=1S/C13H27N3/c1-15(10-11-16-8-4-5-9-16)12-13-6-2-3-7-14-13/h13-14H,2-12H2,1H3. The molecule has 2 rings (SSSR count). The number of rotatable bonds is 5. The Morgan fingerprint density at radius 1 is 1.19 bits per heavy atom. The molecule has 1 unspecified atom stereocenters. The molecule has 3 heteroatoms. The SMILES string of the molecule is CN(CCN1CCCC1)CC1CCCCN1. The van der Waals surface area contributed by atoms with E-state index in [1.807, 2.05) is 0 Å². The molecule has 3 nitrogen and oxygen atoms in total. The van der Waals surface area contributed by atoms with Crippen LogP contribution in [-0.2, 0) is 0 Å². The van der Waals surface area contributed by atoms with Crippen LogP contribution in [0.2, 0.25) is 0 Å². The topological polar surface area (TPSA) is 18.5 Å². The predicted molar refractivity (Wildman–Crippen MR) is 68.8 cm³/mol. The molecule has 0 bridgehead atoms. The Bertz CT molecular complexity index is 184. The average molecular weight is 225 g/mol. The van der Waals surface area contributed by atoms with Crippen LogP contribution in [0, 0.1) is 0 Å². The zero-order valence-corrected chi connectivity index (χ0v) is 10.7. The fraction of sp³-hybridized carbons (Fsp3) is 1.00. The first-order valence-corrected chi connectivity index (χ1v) is 6.99. The second kappa shape index (κ2) is 6.58. The van der Waals surface area contributed by atoms with Gasteiger partial charge in [0.05, 0.1) is 0 Å². The molecule has 0 radical (unpaired) electrons. The molecule has 0 saturated carbocycles. The monoisotopic (exact) mass is 225 g/mol. The number of nitrogens with one attached hydrogen (secondary N) is 1. The summed E-state index contributed by atoms with van der Waals surface area (Å²) in [5, 5.41) is 3.62. The highest BCUT2D eigenvalue weighted by Crippen LogP contribution is 2.09. The molecule has 0 aromatic heterocycles. The van der Waals surface area contributed by atoms with Gasteiger partial charge in [0.1, 0.15) is 0 Å². The van der Waals surface area contributed by atoms with E-state index in [2.05, 4.69) is 22.2 Å². The minimum absolute atomic E-state index is 0.748. The van der Waals surface area contributed by atoms with E-state index >= 15 is 0 Å². The maximum Gasteiger partial charge on any atom is 0.0194 e. The van der Waals surface area contributed by atoms with E-state index < -0.39 is 0 Å². The lowest BCUT2D eigenvalue weighted by molar-refractivity contribution is 0.226. The van der Waals surface area contributed by atoms with Crippen LogP contribution in [0.3, 0.4) is 0 Å². The zero-order valence-electron chi connectivity index (χ0n) is 10.7. The second-order valence-corrected chi connectivity index (χ2v) is 5.46. The maximum atomic E-state index is 3.62. The highest BCUT2D eigenvalue weighted by molar-refractivity contribution is 4.76. The summed E-state index contributed by atoms with van der Waals surface area (Å²) >= 11 is 0. The van der Waals surface area contributed by atoms with Crippen molar-refractivity contribution in [2.24, 2.45) is 0 Å². The predicted octanol–water partition coefficient (Wildman–Crippen LogP) is 1.16. The van der Waals surface area contributed by atoms with Crippen LogP contribution in [0.25, 0.3) is 0 Å². The van der Waals surface area contributed by atoms with Crippen molar-refractivity contribution in [3.05, 3.63) is 0 Å². The summed E-state index contributed by atoms with van der Waals surface area (Å²) in [5.41, 5.74) is 0. The van der Waals surface area contributed by atoms with Gasteiger partial charge in [-0.05, 0) is 52.4 Å². The van der Waals surface area contributed by atoms with Crippen molar-refractivity contribution in [3.63, 3.8) is 0 Å². The highest BCUT2D eigenvalue weighted by Gasteiger charge is 2.16. The summed E-state index contributed by atoms with van der Waals surface area (Å²) in [6.45, 7) is 7.62. The molecule has 0 aromatic rings. The molecule has 1 N–H and O–H groups in total. The van der Waals surface area contributed by atoms with Gasteiger partial charge in [0.2, 0.25) is 0 Å². The first-order valence-electron chi connectivity index (χ1n) is 6.99. The first kappa shape index (κ1) is 12.3. The Kier molecular flexibility index (Phi) is 5.07. The molecule has 2 aliphatic heterocycles. The van der Waals surface area contributed by atoms with Gasteiger partial charge in [0.15, 0.2) is 0 Å². The summed E-state index contributed by atoms with van der Waals surface area (Å²) in [4.78, 5) is 5.10. The lowest BCUT2D eigenvalue weighted by Crippen LogP contribution is -2.44. The van der Waals surface area contributed by atoms with Crippen molar-refractivity contribution in [3.8, 4) is 0 Å². The Labute approximate surface area is 100 Å². The van der Waals surface area contributed by atoms with Gasteiger partial charge in [0.25, 0.3) is 0 Å². The van der Waals surface area contributed by atoms with Crippen molar-refractivity contribution in [2.75, 3.05) is 46.3 Å². The first-order chi connectivity index (χ1) is 7.84. The average Bonchev–Trinajstić information content (AvgIpc) is 2.81. The molecule has 16 heavy (non-hydrogen) atoms. The van der Waals surface area contributed by atoms with E-state index in [-0.39, 0.29) is 0 Å². The van der Waals surface area contributed by atoms with E-state index in [1.165, 1.54) is 71.4 Å². The van der Waals surface area contributed by atoms with E-state index in [4.69, 9.17) is 0 Å². The van der Waals surface area contributed by atoms with Crippen LogP contribution in [0.4, 0.5) is 0 Å². The van der Waals surface area contributed by atoms with Gasteiger partial charge in [-0.25, -0.2) is 0 Å². The van der Waals surface area contributed by atoms with E-state index in [0.717, 1.165) is 6.04 Å². The van der Waals surface area contributed by atoms with Crippen LogP contribution in [0.5, 0.6) is 0 Å². The molecule has 2 saturated heterocycles. The van der Waals surface area contributed by atoms with Gasteiger partial charge >= 0.3 is 0 Å². The largest absolute Gasteiger partial charge is 0.313 e. The van der Waals surface area contributed by atoms with Crippen LogP contribution in [0.1, 0.15) is 32.1 Å². The smallest absolute Gasteiger partial charge is 0.0194 e. The molecule has 2 heterocycles. The Morgan fingerprint density at radius 2 is 2.00 bits per heavy atom. The number of nitrogens with zero attached hydrogens (tertiary/aromatic N) is 2. The number of likely N-dealkylation sites (N-methyl/N-ethyl adjacent to an activating group) is 1. The number of piperidine rings is 1. The minimum atomic E-state index is 0.748. The third kappa shape index (κ3) is 4.04. The third-order valence-electron chi connectivity index (χ3n) is 3.94. The molecular formula is C13H27N3. The van der Waals surface area contributed by atoms with Gasteiger partial charge in [-0.15, -0.1) is 0 Å². The summed E-state index contributed by atoms with van der Waals surface area (Å²) in [5.74, 6) is 0. The van der Waals surface area contributed by atoms with Crippen molar-refractivity contribution >= 4 is 0 Å². The Morgan fingerprint density at radius 3 is 2.69 bits per heavy atom. The van der Waals surface area contributed by atoms with Crippen LogP contribution in [-0.4, -0.2) is 62.2 Å². The van der Waals surface area contributed by atoms with E-state index in [9.17, 15) is 0 Å². The molecule has 0 amide bonds. The summed E-state index contributed by atoms with van der Waals surface area (Å²) in [6.07, 6.45) is 6.97. The van der Waals surface area contributed by atoms with Crippen molar-refractivity contribution in [1.29, 1.82) is 0 Å². The zero-order chi connectivity index (χ0) is 11.2. The summed E-state index contributed by atoms with van der Waals surface area (Å²) < 4.78 is 0. The number of hydrogen-bond acceptors (Lipinski definition) is 3. The summed E-state index contributed by atoms with van der Waals surface area (Å²) in [6, 6.07) is 0.748. The molecular weight excluding hydrogens is 198 g/mol. The lowest BCUT2D eigenvalue weighted by Gasteiger charge is -2.29. The van der Waals surface area contributed by atoms with E-state index in [0.29, 0.717) is 0 Å². The van der Waals surface area contributed by atoms with Gasteiger partial charge < -0.3 is 15.1 Å². The molecule has 0 aromatic carbocycles. The van der Waals surface area contributed by atoms with Crippen LogP contribution < -0.4 is 5.32 Å². The summed E-state index contributed by atoms with van der Waals surface area (Å²) in [7, 11) is 2.27. The minimum Gasteiger partial charge on any atom is -0.313 e. The molecule has 0 aliphatic carbocycles. The Balaban J connectivity index is 1.57. The fourth-order valence-corrected chi connectivity index (χ4v) is 2.87.